The van der Waals surface area contributed by atoms with E-state index in [-0.39, 0.29) is 18.1 Å². The molecule has 0 spiro atoms. The van der Waals surface area contributed by atoms with Crippen molar-refractivity contribution in [1.82, 2.24) is 10.6 Å². The van der Waals surface area contributed by atoms with Crippen LogP contribution < -0.4 is 16.4 Å². The number of hydrogen-bond donors (Lipinski definition) is 6. The van der Waals surface area contributed by atoms with Crippen LogP contribution in [0.2, 0.25) is 0 Å². The van der Waals surface area contributed by atoms with E-state index in [9.17, 15) is 19.2 Å². The molecule has 0 aliphatic rings. The number of carbonyl (C=O) groups excluding carboxylic acids is 2. The van der Waals surface area contributed by atoms with Crippen molar-refractivity contribution >= 4 is 36.4 Å². The third-order valence-electron chi connectivity index (χ3n) is 3.04. The number of amides is 2. The van der Waals surface area contributed by atoms with Crippen molar-refractivity contribution in [3.8, 4) is 0 Å². The Labute approximate surface area is 139 Å². The molecular weight excluding hydrogens is 326 g/mol. The molecular formula is C13H23N3O6S. The predicted molar refractivity (Wildman–Crippen MR) is 85.0 cm³/mol. The summed E-state index contributed by atoms with van der Waals surface area (Å²) in [4.78, 5) is 45.6. The predicted octanol–water partition coefficient (Wildman–Crippen LogP) is -1.18. The minimum atomic E-state index is -1.35. The fourth-order valence-electron chi connectivity index (χ4n) is 1.66. The van der Waals surface area contributed by atoms with Gasteiger partial charge in [-0.2, -0.15) is 12.6 Å². The fraction of sp³-hybridized carbons (Fsp3) is 0.692. The van der Waals surface area contributed by atoms with E-state index in [1.807, 2.05) is 0 Å². The molecule has 0 aromatic rings. The van der Waals surface area contributed by atoms with Crippen LogP contribution >= 0.6 is 12.6 Å². The zero-order valence-corrected chi connectivity index (χ0v) is 13.9. The number of hydrogen-bond acceptors (Lipinski definition) is 6. The summed E-state index contributed by atoms with van der Waals surface area (Å²) in [6.07, 6.45) is -0.661. The van der Waals surface area contributed by atoms with Crippen molar-refractivity contribution in [3.05, 3.63) is 0 Å². The second-order valence-corrected chi connectivity index (χ2v) is 5.72. The summed E-state index contributed by atoms with van der Waals surface area (Å²) < 4.78 is 0. The van der Waals surface area contributed by atoms with Crippen LogP contribution in [0.5, 0.6) is 0 Å². The third-order valence-corrected chi connectivity index (χ3v) is 3.44. The molecule has 0 saturated carbocycles. The number of aliphatic carboxylic acids is 2. The molecule has 0 heterocycles. The lowest BCUT2D eigenvalue weighted by molar-refractivity contribution is -0.143. The highest BCUT2D eigenvalue weighted by Crippen LogP contribution is 2.05. The number of carboxylic acids is 2. The summed E-state index contributed by atoms with van der Waals surface area (Å²) in [5.41, 5.74) is 5.52. The van der Waals surface area contributed by atoms with Gasteiger partial charge in [0.1, 0.15) is 12.1 Å². The van der Waals surface area contributed by atoms with Crippen LogP contribution in [0.25, 0.3) is 0 Å². The van der Waals surface area contributed by atoms with Crippen LogP contribution in [0.15, 0.2) is 0 Å². The highest BCUT2D eigenvalue weighted by atomic mass is 32.1. The number of thiol groups is 1. The molecule has 10 heteroatoms. The van der Waals surface area contributed by atoms with Gasteiger partial charge in [-0.25, -0.2) is 4.79 Å². The van der Waals surface area contributed by atoms with Crippen molar-refractivity contribution in [1.29, 1.82) is 0 Å². The Morgan fingerprint density at radius 3 is 2.04 bits per heavy atom. The van der Waals surface area contributed by atoms with E-state index in [0.717, 1.165) is 0 Å². The molecule has 0 fully saturated rings. The van der Waals surface area contributed by atoms with Gasteiger partial charge >= 0.3 is 11.9 Å². The summed E-state index contributed by atoms with van der Waals surface area (Å²) in [5, 5.41) is 22.3. The van der Waals surface area contributed by atoms with Gasteiger partial charge in [0.25, 0.3) is 0 Å². The normalized spacial score (nSPS) is 14.7. The lowest BCUT2D eigenvalue weighted by atomic mass is 10.0. The van der Waals surface area contributed by atoms with E-state index in [4.69, 9.17) is 15.9 Å². The summed E-state index contributed by atoms with van der Waals surface area (Å²) >= 11 is 3.89. The molecule has 132 valence electrons. The van der Waals surface area contributed by atoms with Gasteiger partial charge in [0, 0.05) is 12.2 Å². The smallest absolute Gasteiger partial charge is 0.326 e. The Morgan fingerprint density at radius 2 is 1.65 bits per heavy atom. The second kappa shape index (κ2) is 10.1. The third kappa shape index (κ3) is 7.84. The van der Waals surface area contributed by atoms with Crippen LogP contribution in [0.3, 0.4) is 0 Å². The Kier molecular flexibility index (Phi) is 9.27. The van der Waals surface area contributed by atoms with Gasteiger partial charge in [0.2, 0.25) is 11.8 Å². The molecule has 23 heavy (non-hydrogen) atoms. The Bertz CT molecular complexity index is 457. The van der Waals surface area contributed by atoms with E-state index in [0.29, 0.717) is 0 Å². The Hall–Kier alpha value is -1.81. The first-order valence-electron chi connectivity index (χ1n) is 7.01. The number of carboxylic acid groups (broad SMARTS) is 2. The zero-order valence-electron chi connectivity index (χ0n) is 13.0. The summed E-state index contributed by atoms with van der Waals surface area (Å²) in [5.74, 6) is -4.03. The number of nitrogens with two attached hydrogens (primary N) is 1. The van der Waals surface area contributed by atoms with Gasteiger partial charge in [-0.1, -0.05) is 13.8 Å². The quantitative estimate of drug-likeness (QED) is 0.271. The fourth-order valence-corrected chi connectivity index (χ4v) is 1.83. The van der Waals surface area contributed by atoms with Gasteiger partial charge in [-0.05, 0) is 12.3 Å². The first-order chi connectivity index (χ1) is 10.6. The SMILES string of the molecule is CC(C)C(NC(=O)C(N)CS)C(=O)NC(CCC(=O)O)C(=O)O. The minimum absolute atomic E-state index is 0.0919. The maximum atomic E-state index is 12.2. The molecule has 0 aromatic heterocycles. The lowest BCUT2D eigenvalue weighted by Gasteiger charge is -2.25. The molecule has 6 N–H and O–H groups in total. The van der Waals surface area contributed by atoms with Crippen molar-refractivity contribution in [2.24, 2.45) is 11.7 Å². The van der Waals surface area contributed by atoms with Crippen molar-refractivity contribution in [2.45, 2.75) is 44.8 Å². The molecule has 3 atom stereocenters. The van der Waals surface area contributed by atoms with Gasteiger partial charge in [-0.3, -0.25) is 14.4 Å². The topological polar surface area (TPSA) is 159 Å². The largest absolute Gasteiger partial charge is 0.481 e. The number of rotatable bonds is 10. The zero-order chi connectivity index (χ0) is 18.2. The first-order valence-corrected chi connectivity index (χ1v) is 7.65. The van der Waals surface area contributed by atoms with E-state index in [2.05, 4.69) is 23.3 Å². The molecule has 9 nitrogen and oxygen atoms in total. The average molecular weight is 349 g/mol. The van der Waals surface area contributed by atoms with Gasteiger partial charge in [-0.15, -0.1) is 0 Å². The molecule has 0 radical (unpaired) electrons. The van der Waals surface area contributed by atoms with Crippen LogP contribution in [-0.2, 0) is 19.2 Å². The number of carbonyl (C=O) groups is 4. The Balaban J connectivity index is 4.91. The van der Waals surface area contributed by atoms with Gasteiger partial charge in [0.05, 0.1) is 6.04 Å². The second-order valence-electron chi connectivity index (χ2n) is 5.35. The number of nitrogens with one attached hydrogen (secondary N) is 2. The molecule has 0 bridgehead atoms. The van der Waals surface area contributed by atoms with Crippen LogP contribution in [-0.4, -0.2) is 57.8 Å². The first kappa shape index (κ1) is 21.2. The highest BCUT2D eigenvalue weighted by molar-refractivity contribution is 7.80. The summed E-state index contributed by atoms with van der Waals surface area (Å²) in [6, 6.07) is -3.23. The average Bonchev–Trinajstić information content (AvgIpc) is 2.46. The van der Waals surface area contributed by atoms with Crippen molar-refractivity contribution in [2.75, 3.05) is 5.75 Å². The van der Waals surface area contributed by atoms with E-state index in [1.165, 1.54) is 0 Å². The van der Waals surface area contributed by atoms with Gasteiger partial charge in [0.15, 0.2) is 0 Å². The van der Waals surface area contributed by atoms with Crippen LogP contribution in [0.1, 0.15) is 26.7 Å². The molecule has 2 amide bonds. The van der Waals surface area contributed by atoms with E-state index in [1.54, 1.807) is 13.8 Å². The lowest BCUT2D eigenvalue weighted by Crippen LogP contribution is -2.56. The van der Waals surface area contributed by atoms with E-state index < -0.39 is 48.3 Å². The molecule has 0 aromatic carbocycles. The summed E-state index contributed by atoms with van der Waals surface area (Å²) in [6.45, 7) is 3.34. The van der Waals surface area contributed by atoms with E-state index >= 15 is 0 Å². The minimum Gasteiger partial charge on any atom is -0.481 e. The maximum absolute atomic E-state index is 12.2. The standard InChI is InChI=1S/C13H23N3O6S/c1-6(2)10(16-11(19)7(14)5-23)12(20)15-8(13(21)22)3-4-9(17)18/h6-8,10,23H,3-5,14H2,1-2H3,(H,15,20)(H,16,19)(H,17,18)(H,21,22). The maximum Gasteiger partial charge on any atom is 0.326 e. The molecule has 3 unspecified atom stereocenters. The van der Waals surface area contributed by atoms with Crippen molar-refractivity contribution in [3.63, 3.8) is 0 Å². The molecule has 0 aliphatic carbocycles. The summed E-state index contributed by atoms with van der Waals surface area (Å²) in [7, 11) is 0. The van der Waals surface area contributed by atoms with Crippen LogP contribution in [0, 0.1) is 5.92 Å². The molecule has 0 saturated heterocycles. The highest BCUT2D eigenvalue weighted by Gasteiger charge is 2.29. The van der Waals surface area contributed by atoms with Crippen LogP contribution in [0.4, 0.5) is 0 Å². The Morgan fingerprint density at radius 1 is 1.09 bits per heavy atom. The monoisotopic (exact) mass is 349 g/mol. The molecule has 0 rings (SSSR count). The van der Waals surface area contributed by atoms with Crippen molar-refractivity contribution < 1.29 is 29.4 Å². The molecule has 0 aliphatic heterocycles. The van der Waals surface area contributed by atoms with Gasteiger partial charge < -0.3 is 26.6 Å².